The minimum Gasteiger partial charge on any atom is -0.464 e. The number of rotatable bonds is 3. The van der Waals surface area contributed by atoms with E-state index in [9.17, 15) is 9.18 Å². The van der Waals surface area contributed by atoms with Gasteiger partial charge in [0, 0.05) is 24.1 Å². The average molecular weight is 288 g/mol. The summed E-state index contributed by atoms with van der Waals surface area (Å²) < 4.78 is 19.9. The standard InChI is InChI=1S/C16H17FN2O2/c1-2-10-4-5-14(21-10)16(18)11-7-9-3-6-15(20)19-13(9)8-12(11)17/h4-5,7-8,16H,2-3,6,18H2,1H3,(H,19,20). The normalized spacial score (nSPS) is 15.5. The fourth-order valence-electron chi connectivity index (χ4n) is 2.56. The van der Waals surface area contributed by atoms with Gasteiger partial charge in [-0.15, -0.1) is 0 Å². The molecule has 0 fully saturated rings. The molecule has 1 atom stereocenters. The van der Waals surface area contributed by atoms with Gasteiger partial charge in [0.2, 0.25) is 5.91 Å². The molecule has 3 N–H and O–H groups in total. The molecule has 0 spiro atoms. The van der Waals surface area contributed by atoms with Crippen molar-refractivity contribution in [3.8, 4) is 0 Å². The Morgan fingerprint density at radius 1 is 1.38 bits per heavy atom. The van der Waals surface area contributed by atoms with Crippen LogP contribution in [-0.2, 0) is 17.6 Å². The van der Waals surface area contributed by atoms with E-state index in [4.69, 9.17) is 10.2 Å². The Kier molecular flexibility index (Phi) is 3.51. The summed E-state index contributed by atoms with van der Waals surface area (Å²) in [6.45, 7) is 1.98. The largest absolute Gasteiger partial charge is 0.464 e. The van der Waals surface area contributed by atoms with Crippen LogP contribution >= 0.6 is 0 Å². The second kappa shape index (κ2) is 5.33. The lowest BCUT2D eigenvalue weighted by atomic mass is 9.96. The molecule has 2 aromatic rings. The molecule has 0 saturated carbocycles. The van der Waals surface area contributed by atoms with E-state index in [-0.39, 0.29) is 5.91 Å². The third kappa shape index (κ3) is 2.56. The Bertz CT molecular complexity index is 694. The van der Waals surface area contributed by atoms with Gasteiger partial charge in [0.15, 0.2) is 0 Å². The molecule has 3 rings (SSSR count). The highest BCUT2D eigenvalue weighted by molar-refractivity contribution is 5.93. The molecule has 1 aliphatic rings. The van der Waals surface area contributed by atoms with Gasteiger partial charge in [0.1, 0.15) is 17.3 Å². The number of furan rings is 1. The van der Waals surface area contributed by atoms with Crippen molar-refractivity contribution in [1.82, 2.24) is 0 Å². The van der Waals surface area contributed by atoms with Crippen molar-refractivity contribution >= 4 is 11.6 Å². The topological polar surface area (TPSA) is 68.3 Å². The number of fused-ring (bicyclic) bond motifs is 1. The third-order valence-electron chi connectivity index (χ3n) is 3.79. The first-order chi connectivity index (χ1) is 10.1. The van der Waals surface area contributed by atoms with Crippen LogP contribution in [0.5, 0.6) is 0 Å². The van der Waals surface area contributed by atoms with Gasteiger partial charge < -0.3 is 15.5 Å². The summed E-state index contributed by atoms with van der Waals surface area (Å²) in [4.78, 5) is 11.3. The summed E-state index contributed by atoms with van der Waals surface area (Å²) in [7, 11) is 0. The Morgan fingerprint density at radius 3 is 2.90 bits per heavy atom. The van der Waals surface area contributed by atoms with Crippen molar-refractivity contribution in [3.63, 3.8) is 0 Å². The monoisotopic (exact) mass is 288 g/mol. The van der Waals surface area contributed by atoms with Crippen LogP contribution in [0.15, 0.2) is 28.7 Å². The van der Waals surface area contributed by atoms with Crippen LogP contribution in [0.2, 0.25) is 0 Å². The van der Waals surface area contributed by atoms with E-state index in [1.807, 2.05) is 13.0 Å². The molecular formula is C16H17FN2O2. The highest BCUT2D eigenvalue weighted by Crippen LogP contribution is 2.31. The Morgan fingerprint density at radius 2 is 2.19 bits per heavy atom. The predicted octanol–water partition coefficient (Wildman–Crippen LogP) is 2.91. The van der Waals surface area contributed by atoms with Gasteiger partial charge in [-0.25, -0.2) is 4.39 Å². The number of carbonyl (C=O) groups excluding carboxylic acids is 1. The van der Waals surface area contributed by atoms with E-state index in [2.05, 4.69) is 5.32 Å². The van der Waals surface area contributed by atoms with E-state index in [0.717, 1.165) is 17.7 Å². The van der Waals surface area contributed by atoms with Crippen molar-refractivity contribution in [1.29, 1.82) is 0 Å². The number of halogens is 1. The quantitative estimate of drug-likeness (QED) is 0.912. The van der Waals surface area contributed by atoms with Crippen LogP contribution in [-0.4, -0.2) is 5.91 Å². The molecule has 1 unspecified atom stereocenters. The highest BCUT2D eigenvalue weighted by atomic mass is 19.1. The molecule has 2 heterocycles. The van der Waals surface area contributed by atoms with Crippen LogP contribution in [0.4, 0.5) is 10.1 Å². The van der Waals surface area contributed by atoms with Gasteiger partial charge in [-0.05, 0) is 36.2 Å². The zero-order chi connectivity index (χ0) is 15.0. The maximum Gasteiger partial charge on any atom is 0.224 e. The van der Waals surface area contributed by atoms with Crippen molar-refractivity contribution in [3.05, 3.63) is 52.7 Å². The first-order valence-electron chi connectivity index (χ1n) is 7.05. The number of carbonyl (C=O) groups is 1. The van der Waals surface area contributed by atoms with Crippen LogP contribution in [0.1, 0.15) is 42.0 Å². The summed E-state index contributed by atoms with van der Waals surface area (Å²) in [5.74, 6) is 0.854. The maximum absolute atomic E-state index is 14.3. The van der Waals surface area contributed by atoms with Crippen LogP contribution in [0, 0.1) is 5.82 Å². The zero-order valence-electron chi connectivity index (χ0n) is 11.8. The van der Waals surface area contributed by atoms with Crippen LogP contribution < -0.4 is 11.1 Å². The lowest BCUT2D eigenvalue weighted by Crippen LogP contribution is -2.21. The summed E-state index contributed by atoms with van der Waals surface area (Å²) in [6.07, 6.45) is 1.78. The smallest absolute Gasteiger partial charge is 0.224 e. The lowest BCUT2D eigenvalue weighted by molar-refractivity contribution is -0.116. The number of nitrogens with one attached hydrogen (secondary N) is 1. The molecule has 0 bridgehead atoms. The number of nitrogens with two attached hydrogens (primary N) is 1. The van der Waals surface area contributed by atoms with Crippen molar-refractivity contribution in [2.75, 3.05) is 5.32 Å². The van der Waals surface area contributed by atoms with E-state index >= 15 is 0 Å². The zero-order valence-corrected chi connectivity index (χ0v) is 11.8. The van der Waals surface area contributed by atoms with Gasteiger partial charge in [-0.3, -0.25) is 4.79 Å². The summed E-state index contributed by atoms with van der Waals surface area (Å²) in [6, 6.07) is 6.05. The van der Waals surface area contributed by atoms with E-state index in [0.29, 0.717) is 29.9 Å². The van der Waals surface area contributed by atoms with Crippen molar-refractivity contribution in [2.24, 2.45) is 5.73 Å². The molecule has 1 aliphatic heterocycles. The molecule has 4 nitrogen and oxygen atoms in total. The SMILES string of the molecule is CCc1ccc(C(N)c2cc3c(cc2F)NC(=O)CC3)o1. The molecule has 0 aliphatic carbocycles. The number of hydrogen-bond donors (Lipinski definition) is 2. The van der Waals surface area contributed by atoms with E-state index in [1.165, 1.54) is 6.07 Å². The maximum atomic E-state index is 14.3. The Balaban J connectivity index is 1.96. The Hall–Kier alpha value is -2.14. The molecule has 21 heavy (non-hydrogen) atoms. The van der Waals surface area contributed by atoms with Crippen LogP contribution in [0.25, 0.3) is 0 Å². The number of benzene rings is 1. The minimum atomic E-state index is -0.645. The third-order valence-corrected chi connectivity index (χ3v) is 3.79. The number of aryl methyl sites for hydroxylation is 2. The summed E-state index contributed by atoms with van der Waals surface area (Å²) in [5.41, 5.74) is 7.96. The second-order valence-corrected chi connectivity index (χ2v) is 5.21. The van der Waals surface area contributed by atoms with Crippen LogP contribution in [0.3, 0.4) is 0 Å². The first-order valence-corrected chi connectivity index (χ1v) is 7.05. The number of hydrogen-bond acceptors (Lipinski definition) is 3. The van der Waals surface area contributed by atoms with Gasteiger partial charge in [-0.1, -0.05) is 6.92 Å². The molecule has 0 saturated heterocycles. The number of anilines is 1. The first kappa shape index (κ1) is 13.8. The molecule has 5 heteroatoms. The summed E-state index contributed by atoms with van der Waals surface area (Å²) >= 11 is 0. The molecule has 1 aromatic heterocycles. The van der Waals surface area contributed by atoms with Gasteiger partial charge in [0.05, 0.1) is 6.04 Å². The second-order valence-electron chi connectivity index (χ2n) is 5.21. The highest BCUT2D eigenvalue weighted by Gasteiger charge is 2.22. The molecule has 1 aromatic carbocycles. The van der Waals surface area contributed by atoms with Gasteiger partial charge >= 0.3 is 0 Å². The molecule has 110 valence electrons. The predicted molar refractivity (Wildman–Crippen MR) is 77.5 cm³/mol. The fourth-order valence-corrected chi connectivity index (χ4v) is 2.56. The average Bonchev–Trinajstić information content (AvgIpc) is 2.94. The fraction of sp³-hybridized carbons (Fsp3) is 0.312. The molecular weight excluding hydrogens is 271 g/mol. The van der Waals surface area contributed by atoms with E-state index in [1.54, 1.807) is 12.1 Å². The molecule has 0 radical (unpaired) electrons. The van der Waals surface area contributed by atoms with Crippen molar-refractivity contribution < 1.29 is 13.6 Å². The molecule has 1 amide bonds. The number of amides is 1. The van der Waals surface area contributed by atoms with E-state index < -0.39 is 11.9 Å². The van der Waals surface area contributed by atoms with Crippen molar-refractivity contribution in [2.45, 2.75) is 32.2 Å². The van der Waals surface area contributed by atoms with Gasteiger partial charge in [-0.2, -0.15) is 0 Å². The Labute approximate surface area is 122 Å². The van der Waals surface area contributed by atoms with Gasteiger partial charge in [0.25, 0.3) is 0 Å². The lowest BCUT2D eigenvalue weighted by Gasteiger charge is -2.20. The summed E-state index contributed by atoms with van der Waals surface area (Å²) in [5, 5.41) is 2.68. The minimum absolute atomic E-state index is 0.0856.